The second-order valence-corrected chi connectivity index (χ2v) is 5.15. The minimum absolute atomic E-state index is 0.267. The molecule has 0 aliphatic heterocycles. The van der Waals surface area contributed by atoms with E-state index in [2.05, 4.69) is 4.52 Å². The van der Waals surface area contributed by atoms with Crippen LogP contribution in [0.2, 0.25) is 0 Å². The number of carbonyl (C=O) groups is 1. The number of hydrogen-bond acceptors (Lipinski definition) is 7. The highest BCUT2D eigenvalue weighted by atomic mass is 31.2. The van der Waals surface area contributed by atoms with Crippen LogP contribution in [0.5, 0.6) is 11.5 Å². The molecule has 0 amide bonds. The molecule has 1 aromatic rings. The average molecular weight is 307 g/mol. The van der Waals surface area contributed by atoms with Crippen molar-refractivity contribution in [2.24, 2.45) is 11.6 Å². The third-order valence-electron chi connectivity index (χ3n) is 2.36. The standard InChI is InChI=1S/C9H14N3O7P/c10-9(12-11,8(14)15)4-5-1-2-7(6(13)3-5)19-20(16,17)18/h1-3,12-13H,4,10-11H2,(H,14,15)(H2,16,17,18)/t9-/m0/s1. The van der Waals surface area contributed by atoms with Crippen LogP contribution in [0.3, 0.4) is 0 Å². The Morgan fingerprint density at radius 1 is 1.45 bits per heavy atom. The molecule has 1 rings (SSSR count). The molecule has 112 valence electrons. The van der Waals surface area contributed by atoms with Gasteiger partial charge in [-0.15, -0.1) is 0 Å². The average Bonchev–Trinajstić information content (AvgIpc) is 2.31. The zero-order chi connectivity index (χ0) is 15.6. The molecular weight excluding hydrogens is 293 g/mol. The number of phenolic OH excluding ortho intramolecular Hbond substituents is 1. The maximum absolute atomic E-state index is 10.9. The van der Waals surface area contributed by atoms with Crippen molar-refractivity contribution >= 4 is 13.8 Å². The number of benzene rings is 1. The van der Waals surface area contributed by atoms with Crippen LogP contribution in [0.25, 0.3) is 0 Å². The molecule has 1 aromatic carbocycles. The summed E-state index contributed by atoms with van der Waals surface area (Å²) < 4.78 is 14.9. The van der Waals surface area contributed by atoms with Gasteiger partial charge in [-0.1, -0.05) is 6.07 Å². The molecule has 0 radical (unpaired) electrons. The van der Waals surface area contributed by atoms with Crippen molar-refractivity contribution in [3.05, 3.63) is 23.8 Å². The van der Waals surface area contributed by atoms with E-state index in [4.69, 9.17) is 26.5 Å². The van der Waals surface area contributed by atoms with Crippen molar-refractivity contribution in [3.63, 3.8) is 0 Å². The molecule has 0 spiro atoms. The van der Waals surface area contributed by atoms with Crippen molar-refractivity contribution in [3.8, 4) is 11.5 Å². The van der Waals surface area contributed by atoms with Crippen LogP contribution in [0.1, 0.15) is 5.56 Å². The number of phosphoric acid groups is 1. The van der Waals surface area contributed by atoms with E-state index in [9.17, 15) is 14.5 Å². The molecular formula is C9H14N3O7P. The first-order chi connectivity index (χ1) is 9.07. The van der Waals surface area contributed by atoms with E-state index >= 15 is 0 Å². The van der Waals surface area contributed by atoms with E-state index in [-0.39, 0.29) is 12.0 Å². The number of phosphoric ester groups is 1. The fraction of sp³-hybridized carbons (Fsp3) is 0.222. The lowest BCUT2D eigenvalue weighted by molar-refractivity contribution is -0.144. The Hall–Kier alpha value is -1.68. The van der Waals surface area contributed by atoms with Crippen LogP contribution < -0.4 is 21.5 Å². The Morgan fingerprint density at radius 3 is 2.45 bits per heavy atom. The van der Waals surface area contributed by atoms with E-state index in [1.54, 1.807) is 0 Å². The highest BCUT2D eigenvalue weighted by Crippen LogP contribution is 2.41. The van der Waals surface area contributed by atoms with E-state index in [1.165, 1.54) is 6.07 Å². The molecule has 11 heteroatoms. The van der Waals surface area contributed by atoms with Crippen molar-refractivity contribution in [2.75, 3.05) is 0 Å². The molecule has 10 nitrogen and oxygen atoms in total. The Balaban J connectivity index is 2.98. The van der Waals surface area contributed by atoms with E-state index in [0.29, 0.717) is 0 Å². The predicted molar refractivity (Wildman–Crippen MR) is 66.4 cm³/mol. The monoisotopic (exact) mass is 307 g/mol. The van der Waals surface area contributed by atoms with Gasteiger partial charge < -0.3 is 20.5 Å². The van der Waals surface area contributed by atoms with Gasteiger partial charge in [-0.3, -0.25) is 15.6 Å². The Kier molecular flexibility index (Phi) is 4.71. The van der Waals surface area contributed by atoms with Gasteiger partial charge in [0.25, 0.3) is 0 Å². The summed E-state index contributed by atoms with van der Waals surface area (Å²) in [6, 6.07) is 3.42. The first-order valence-corrected chi connectivity index (χ1v) is 6.67. The lowest BCUT2D eigenvalue weighted by atomic mass is 10.0. The van der Waals surface area contributed by atoms with E-state index < -0.39 is 31.0 Å². The molecule has 0 aromatic heterocycles. The lowest BCUT2D eigenvalue weighted by Crippen LogP contribution is -2.63. The number of nitrogens with one attached hydrogen (secondary N) is 1. The van der Waals surface area contributed by atoms with Gasteiger partial charge in [-0.05, 0) is 17.7 Å². The minimum atomic E-state index is -4.80. The number of nitrogens with two attached hydrogens (primary N) is 2. The highest BCUT2D eigenvalue weighted by Gasteiger charge is 2.33. The first-order valence-electron chi connectivity index (χ1n) is 5.14. The summed E-state index contributed by atoms with van der Waals surface area (Å²) in [7, 11) is -4.80. The number of hydrazine groups is 1. The van der Waals surface area contributed by atoms with Gasteiger partial charge in [0, 0.05) is 6.42 Å². The number of aromatic hydroxyl groups is 1. The molecule has 9 N–H and O–H groups in total. The van der Waals surface area contributed by atoms with Crippen molar-refractivity contribution < 1.29 is 33.9 Å². The van der Waals surface area contributed by atoms with Crippen molar-refractivity contribution in [1.29, 1.82) is 0 Å². The quantitative estimate of drug-likeness (QED) is 0.142. The summed E-state index contributed by atoms with van der Waals surface area (Å²) in [4.78, 5) is 28.2. The van der Waals surface area contributed by atoms with Gasteiger partial charge in [0.2, 0.25) is 0 Å². The summed E-state index contributed by atoms with van der Waals surface area (Å²) in [5, 5.41) is 18.5. The minimum Gasteiger partial charge on any atom is -0.504 e. The molecule has 0 unspecified atom stereocenters. The maximum atomic E-state index is 10.9. The van der Waals surface area contributed by atoms with E-state index in [1.807, 2.05) is 5.43 Å². The van der Waals surface area contributed by atoms with Crippen LogP contribution in [0.15, 0.2) is 18.2 Å². The summed E-state index contributed by atoms with van der Waals surface area (Å²) in [6.45, 7) is 0. The van der Waals surface area contributed by atoms with E-state index in [0.717, 1.165) is 12.1 Å². The Morgan fingerprint density at radius 2 is 2.05 bits per heavy atom. The van der Waals surface area contributed by atoms with Crippen LogP contribution >= 0.6 is 7.82 Å². The molecule has 0 aliphatic rings. The van der Waals surface area contributed by atoms with Crippen LogP contribution in [0, 0.1) is 0 Å². The Labute approximate surface area is 113 Å². The highest BCUT2D eigenvalue weighted by molar-refractivity contribution is 7.46. The molecule has 0 saturated carbocycles. The van der Waals surface area contributed by atoms with Gasteiger partial charge in [-0.2, -0.15) is 0 Å². The second-order valence-electron chi connectivity index (χ2n) is 3.98. The smallest absolute Gasteiger partial charge is 0.504 e. The zero-order valence-electron chi connectivity index (χ0n) is 10.1. The van der Waals surface area contributed by atoms with Gasteiger partial charge >= 0.3 is 13.8 Å². The van der Waals surface area contributed by atoms with Gasteiger partial charge in [0.05, 0.1) is 0 Å². The number of aliphatic carboxylic acids is 1. The summed E-state index contributed by atoms with van der Waals surface area (Å²) in [5.74, 6) is 2.64. The predicted octanol–water partition coefficient (Wildman–Crippen LogP) is -1.39. The van der Waals surface area contributed by atoms with Crippen LogP contribution in [0.4, 0.5) is 0 Å². The summed E-state index contributed by atoms with van der Waals surface area (Å²) in [5.41, 5.74) is 5.75. The largest absolute Gasteiger partial charge is 0.524 e. The maximum Gasteiger partial charge on any atom is 0.524 e. The molecule has 0 saturated heterocycles. The number of carboxylic acid groups (broad SMARTS) is 1. The first kappa shape index (κ1) is 16.4. The topological polar surface area (TPSA) is 188 Å². The van der Waals surface area contributed by atoms with Gasteiger partial charge in [-0.25, -0.2) is 14.8 Å². The SMILES string of the molecule is NN[C@@](N)(Cc1ccc(OP(=O)(O)O)c(O)c1)C(=O)O. The zero-order valence-corrected chi connectivity index (χ0v) is 10.9. The Bertz CT molecular complexity index is 560. The molecule has 0 bridgehead atoms. The van der Waals surface area contributed by atoms with Crippen LogP contribution in [-0.2, 0) is 15.8 Å². The third-order valence-corrected chi connectivity index (χ3v) is 2.80. The fourth-order valence-corrected chi connectivity index (χ4v) is 1.80. The molecule has 20 heavy (non-hydrogen) atoms. The molecule has 0 heterocycles. The number of hydrogen-bond donors (Lipinski definition) is 7. The molecule has 1 atom stereocenters. The second kappa shape index (κ2) is 5.75. The summed E-state index contributed by atoms with van der Waals surface area (Å²) >= 11 is 0. The third kappa shape index (κ3) is 4.17. The number of phenols is 1. The normalized spacial score (nSPS) is 14.6. The van der Waals surface area contributed by atoms with Crippen molar-refractivity contribution in [1.82, 2.24) is 5.43 Å². The van der Waals surface area contributed by atoms with Crippen LogP contribution in [-0.4, -0.2) is 31.6 Å². The summed E-state index contributed by atoms with van der Waals surface area (Å²) in [6.07, 6.45) is -0.275. The van der Waals surface area contributed by atoms with Gasteiger partial charge in [0.15, 0.2) is 17.2 Å². The number of rotatable bonds is 6. The van der Waals surface area contributed by atoms with Crippen molar-refractivity contribution in [2.45, 2.75) is 12.1 Å². The molecule has 0 aliphatic carbocycles. The lowest BCUT2D eigenvalue weighted by Gasteiger charge is -2.23. The van der Waals surface area contributed by atoms with Gasteiger partial charge in [0.1, 0.15) is 0 Å². The molecule has 0 fully saturated rings. The fourth-order valence-electron chi connectivity index (χ4n) is 1.39. The number of carboxylic acids is 1.